The number of hydrogen-bond donors (Lipinski definition) is 2. The Hall–Kier alpha value is -1.24. The summed E-state index contributed by atoms with van der Waals surface area (Å²) in [5, 5.41) is 7.85. The molecular weight excluding hydrogens is 302 g/mol. The normalized spacial score (nSPS) is 17.0. The molecule has 1 atom stereocenters. The van der Waals surface area contributed by atoms with Gasteiger partial charge in [0.2, 0.25) is 0 Å². The smallest absolute Gasteiger partial charge is 0.271 e. The van der Waals surface area contributed by atoms with Crippen LogP contribution >= 0.6 is 22.7 Å². The van der Waals surface area contributed by atoms with Gasteiger partial charge in [-0.25, -0.2) is 4.98 Å². The molecule has 3 N–H and O–H groups in total. The monoisotopic (exact) mass is 321 g/mol. The van der Waals surface area contributed by atoms with Crippen LogP contribution in [-0.2, 0) is 6.54 Å². The van der Waals surface area contributed by atoms with E-state index in [0.717, 1.165) is 5.01 Å². The number of hydrogen-bond acceptors (Lipinski definition) is 5. The average Bonchev–Trinajstić information content (AvgIpc) is 3.26. The van der Waals surface area contributed by atoms with Gasteiger partial charge in [0, 0.05) is 16.8 Å². The maximum Gasteiger partial charge on any atom is 0.271 e. The van der Waals surface area contributed by atoms with Gasteiger partial charge >= 0.3 is 0 Å². The van der Waals surface area contributed by atoms with E-state index in [1.54, 1.807) is 16.7 Å². The van der Waals surface area contributed by atoms with Crippen LogP contribution in [0.5, 0.6) is 0 Å². The molecule has 0 radical (unpaired) electrons. The molecule has 0 bridgehead atoms. The second kappa shape index (κ2) is 6.68. The number of nitrogens with two attached hydrogens (primary N) is 1. The van der Waals surface area contributed by atoms with Gasteiger partial charge in [0.05, 0.1) is 6.04 Å². The summed E-state index contributed by atoms with van der Waals surface area (Å²) in [6.07, 6.45) is 4.90. The first-order valence-corrected chi connectivity index (χ1v) is 9.02. The summed E-state index contributed by atoms with van der Waals surface area (Å²) < 4.78 is 0. The van der Waals surface area contributed by atoms with Crippen LogP contribution < -0.4 is 11.1 Å². The van der Waals surface area contributed by atoms with Crippen molar-refractivity contribution in [1.29, 1.82) is 0 Å². The van der Waals surface area contributed by atoms with Crippen molar-refractivity contribution < 1.29 is 4.79 Å². The van der Waals surface area contributed by atoms with E-state index in [1.807, 2.05) is 6.07 Å². The molecule has 2 heterocycles. The Bertz CT molecular complexity index is 588. The highest BCUT2D eigenvalue weighted by Crippen LogP contribution is 2.37. The lowest BCUT2D eigenvalue weighted by atomic mass is 9.96. The van der Waals surface area contributed by atoms with Gasteiger partial charge in [-0.05, 0) is 30.2 Å². The predicted molar refractivity (Wildman–Crippen MR) is 86.5 cm³/mol. The van der Waals surface area contributed by atoms with Gasteiger partial charge in [0.25, 0.3) is 5.91 Å². The van der Waals surface area contributed by atoms with E-state index in [0.29, 0.717) is 18.2 Å². The molecule has 1 fully saturated rings. The summed E-state index contributed by atoms with van der Waals surface area (Å²) in [5.41, 5.74) is 6.05. The van der Waals surface area contributed by atoms with Crippen LogP contribution in [0.2, 0.25) is 0 Å². The predicted octanol–water partition coefficient (Wildman–Crippen LogP) is 3.32. The summed E-state index contributed by atoms with van der Waals surface area (Å²) in [6, 6.07) is 4.27. The van der Waals surface area contributed by atoms with Crippen LogP contribution in [0.4, 0.5) is 0 Å². The van der Waals surface area contributed by atoms with Crippen LogP contribution in [0.25, 0.3) is 0 Å². The quantitative estimate of drug-likeness (QED) is 0.887. The number of carbonyl (C=O) groups is 1. The number of carbonyl (C=O) groups excluding carboxylic acids is 1. The molecule has 112 valence electrons. The molecule has 2 aromatic rings. The fourth-order valence-electron chi connectivity index (χ4n) is 2.90. The van der Waals surface area contributed by atoms with Crippen molar-refractivity contribution in [2.75, 3.05) is 0 Å². The van der Waals surface area contributed by atoms with E-state index < -0.39 is 0 Å². The zero-order chi connectivity index (χ0) is 14.7. The number of aromatic nitrogens is 1. The van der Waals surface area contributed by atoms with Crippen molar-refractivity contribution in [2.45, 2.75) is 38.3 Å². The third kappa shape index (κ3) is 3.33. The van der Waals surface area contributed by atoms with Crippen molar-refractivity contribution in [1.82, 2.24) is 10.3 Å². The third-order valence-corrected chi connectivity index (χ3v) is 5.79. The largest absolute Gasteiger partial charge is 0.343 e. The van der Waals surface area contributed by atoms with Crippen LogP contribution in [0.15, 0.2) is 22.9 Å². The molecule has 1 saturated carbocycles. The molecule has 6 heteroatoms. The van der Waals surface area contributed by atoms with Crippen molar-refractivity contribution in [2.24, 2.45) is 11.7 Å². The SMILES string of the molecule is NCc1nc(C(=O)NC(c2cccs2)C2CCCC2)cs1. The summed E-state index contributed by atoms with van der Waals surface area (Å²) in [7, 11) is 0. The highest BCUT2D eigenvalue weighted by Gasteiger charge is 2.29. The number of nitrogens with one attached hydrogen (secondary N) is 1. The fraction of sp³-hybridized carbons (Fsp3) is 0.467. The Morgan fingerprint density at radius 3 is 2.86 bits per heavy atom. The van der Waals surface area contributed by atoms with Crippen molar-refractivity contribution in [3.05, 3.63) is 38.5 Å². The van der Waals surface area contributed by atoms with E-state index in [4.69, 9.17) is 5.73 Å². The minimum Gasteiger partial charge on any atom is -0.343 e. The maximum absolute atomic E-state index is 12.4. The molecule has 1 unspecified atom stereocenters. The zero-order valence-electron chi connectivity index (χ0n) is 11.7. The van der Waals surface area contributed by atoms with Crippen LogP contribution in [-0.4, -0.2) is 10.9 Å². The van der Waals surface area contributed by atoms with Gasteiger partial charge < -0.3 is 11.1 Å². The fourth-order valence-corrected chi connectivity index (χ4v) is 4.43. The topological polar surface area (TPSA) is 68.0 Å². The van der Waals surface area contributed by atoms with Crippen molar-refractivity contribution >= 4 is 28.6 Å². The number of nitrogens with zero attached hydrogens (tertiary/aromatic N) is 1. The molecule has 1 amide bonds. The molecule has 0 aromatic carbocycles. The molecule has 1 aliphatic rings. The Morgan fingerprint density at radius 1 is 1.43 bits per heavy atom. The molecule has 21 heavy (non-hydrogen) atoms. The molecule has 0 aliphatic heterocycles. The van der Waals surface area contributed by atoms with E-state index >= 15 is 0 Å². The lowest BCUT2D eigenvalue weighted by Gasteiger charge is -2.23. The summed E-state index contributed by atoms with van der Waals surface area (Å²) >= 11 is 3.15. The van der Waals surface area contributed by atoms with Gasteiger partial charge in [-0.15, -0.1) is 22.7 Å². The van der Waals surface area contributed by atoms with Crippen LogP contribution in [0.3, 0.4) is 0 Å². The second-order valence-electron chi connectivity index (χ2n) is 5.34. The number of rotatable bonds is 5. The number of thiophene rings is 1. The minimum atomic E-state index is -0.0868. The van der Waals surface area contributed by atoms with Gasteiger partial charge in [0.1, 0.15) is 10.7 Å². The average molecular weight is 321 g/mol. The molecule has 0 spiro atoms. The Kier molecular flexibility index (Phi) is 4.67. The Labute approximate surface area is 132 Å². The van der Waals surface area contributed by atoms with E-state index in [1.165, 1.54) is 41.9 Å². The Balaban J connectivity index is 1.76. The van der Waals surface area contributed by atoms with Crippen LogP contribution in [0, 0.1) is 5.92 Å². The maximum atomic E-state index is 12.4. The summed E-state index contributed by atoms with van der Waals surface area (Å²) in [5.74, 6) is 0.455. The van der Waals surface area contributed by atoms with Gasteiger partial charge in [-0.3, -0.25) is 4.79 Å². The standard InChI is InChI=1S/C15H19N3OS2/c16-8-13-17-11(9-21-13)15(19)18-14(10-4-1-2-5-10)12-6-3-7-20-12/h3,6-7,9-10,14H,1-2,4-5,8,16H2,(H,18,19). The van der Waals surface area contributed by atoms with Gasteiger partial charge in [0.15, 0.2) is 0 Å². The van der Waals surface area contributed by atoms with Gasteiger partial charge in [-0.1, -0.05) is 18.9 Å². The zero-order valence-corrected chi connectivity index (χ0v) is 13.4. The first kappa shape index (κ1) is 14.7. The summed E-state index contributed by atoms with van der Waals surface area (Å²) in [6.45, 7) is 0.384. The molecule has 1 aliphatic carbocycles. The van der Waals surface area contributed by atoms with Crippen molar-refractivity contribution in [3.63, 3.8) is 0 Å². The van der Waals surface area contributed by atoms with Gasteiger partial charge in [-0.2, -0.15) is 0 Å². The van der Waals surface area contributed by atoms with E-state index in [2.05, 4.69) is 21.7 Å². The van der Waals surface area contributed by atoms with Crippen LogP contribution in [0.1, 0.15) is 52.1 Å². The Morgan fingerprint density at radius 2 is 2.24 bits per heavy atom. The third-order valence-electron chi connectivity index (χ3n) is 3.97. The number of thiazole rings is 1. The first-order valence-electron chi connectivity index (χ1n) is 7.26. The van der Waals surface area contributed by atoms with Crippen molar-refractivity contribution in [3.8, 4) is 0 Å². The molecule has 3 rings (SSSR count). The first-order chi connectivity index (χ1) is 10.3. The lowest BCUT2D eigenvalue weighted by molar-refractivity contribution is 0.0918. The van der Waals surface area contributed by atoms with E-state index in [-0.39, 0.29) is 11.9 Å². The summed E-state index contributed by atoms with van der Waals surface area (Å²) in [4.78, 5) is 17.9. The molecule has 4 nitrogen and oxygen atoms in total. The highest BCUT2D eigenvalue weighted by molar-refractivity contribution is 7.10. The molecule has 0 saturated heterocycles. The lowest BCUT2D eigenvalue weighted by Crippen LogP contribution is -2.32. The second-order valence-corrected chi connectivity index (χ2v) is 7.26. The number of amides is 1. The molecule has 2 aromatic heterocycles. The highest BCUT2D eigenvalue weighted by atomic mass is 32.1. The minimum absolute atomic E-state index is 0.0868. The molecular formula is C15H19N3OS2. The van der Waals surface area contributed by atoms with E-state index in [9.17, 15) is 4.79 Å².